The highest BCUT2D eigenvalue weighted by molar-refractivity contribution is 7.13. The van der Waals surface area contributed by atoms with Gasteiger partial charge in [0.05, 0.1) is 22.6 Å². The van der Waals surface area contributed by atoms with Gasteiger partial charge in [0.25, 0.3) is 0 Å². The normalized spacial score (nSPS) is 11.4. The Balaban J connectivity index is 1.55. The van der Waals surface area contributed by atoms with Crippen LogP contribution in [-0.4, -0.2) is 25.0 Å². The van der Waals surface area contributed by atoms with Gasteiger partial charge in [-0.05, 0) is 59.8 Å². The quantitative estimate of drug-likeness (QED) is 0.478. The third-order valence-electron chi connectivity index (χ3n) is 4.34. The Morgan fingerprint density at radius 3 is 2.85 bits per heavy atom. The molecule has 126 valence electrons. The summed E-state index contributed by atoms with van der Waals surface area (Å²) in [4.78, 5) is 10.3. The molecule has 0 aliphatic heterocycles. The molecule has 0 atom stereocenters. The average Bonchev–Trinajstić information content (AvgIpc) is 3.28. The highest BCUT2D eigenvalue weighted by Crippen LogP contribution is 2.26. The second kappa shape index (κ2) is 6.00. The molecule has 0 amide bonds. The first kappa shape index (κ1) is 15.2. The maximum absolute atomic E-state index is 4.81. The third-order valence-corrected chi connectivity index (χ3v) is 5.41. The van der Waals surface area contributed by atoms with Crippen LogP contribution < -0.4 is 0 Å². The average molecular weight is 357 g/mol. The van der Waals surface area contributed by atoms with E-state index < -0.39 is 0 Å². The molecule has 5 nitrogen and oxygen atoms in total. The number of nitrogens with zero attached hydrogens (tertiary/aromatic N) is 5. The van der Waals surface area contributed by atoms with Crippen LogP contribution in [0.1, 0.15) is 11.1 Å². The number of hydrogen-bond acceptors (Lipinski definition) is 5. The van der Waals surface area contributed by atoms with Gasteiger partial charge in [-0.2, -0.15) is 0 Å². The number of hydrogen-bond donors (Lipinski definition) is 0. The van der Waals surface area contributed by atoms with E-state index in [-0.39, 0.29) is 0 Å². The molecule has 0 bridgehead atoms. The summed E-state index contributed by atoms with van der Waals surface area (Å²) in [5.74, 6) is 0. The minimum atomic E-state index is 0.626. The van der Waals surface area contributed by atoms with Crippen LogP contribution in [0, 0.1) is 6.92 Å². The first-order valence-electron chi connectivity index (χ1n) is 8.36. The van der Waals surface area contributed by atoms with Gasteiger partial charge in [-0.1, -0.05) is 17.3 Å². The van der Waals surface area contributed by atoms with Gasteiger partial charge in [0.15, 0.2) is 5.65 Å². The molecule has 0 spiro atoms. The summed E-state index contributed by atoms with van der Waals surface area (Å²) in [5, 5.41) is 11.8. The number of aryl methyl sites for hydroxylation is 1. The number of thiophene rings is 1. The van der Waals surface area contributed by atoms with Crippen LogP contribution in [0.3, 0.4) is 0 Å². The van der Waals surface area contributed by atoms with Crippen molar-refractivity contribution in [2.24, 2.45) is 0 Å². The van der Waals surface area contributed by atoms with E-state index >= 15 is 0 Å². The molecular formula is C20H15N5S. The maximum Gasteiger partial charge on any atom is 0.179 e. The predicted molar refractivity (Wildman–Crippen MR) is 104 cm³/mol. The lowest BCUT2D eigenvalue weighted by molar-refractivity contribution is 0.665. The largest absolute Gasteiger partial charge is 0.256 e. The molecule has 26 heavy (non-hydrogen) atoms. The maximum atomic E-state index is 4.81. The highest BCUT2D eigenvalue weighted by Gasteiger charge is 2.10. The van der Waals surface area contributed by atoms with Crippen molar-refractivity contribution in [3.63, 3.8) is 0 Å². The minimum absolute atomic E-state index is 0.626. The smallest absolute Gasteiger partial charge is 0.179 e. The van der Waals surface area contributed by atoms with Crippen molar-refractivity contribution in [2.75, 3.05) is 0 Å². The summed E-state index contributed by atoms with van der Waals surface area (Å²) < 4.78 is 1.86. The van der Waals surface area contributed by atoms with Crippen LogP contribution in [0.15, 0.2) is 60.1 Å². The third kappa shape index (κ3) is 2.64. The van der Waals surface area contributed by atoms with Crippen molar-refractivity contribution in [1.29, 1.82) is 0 Å². The van der Waals surface area contributed by atoms with Crippen LogP contribution in [0.5, 0.6) is 0 Å². The van der Waals surface area contributed by atoms with Gasteiger partial charge in [0.2, 0.25) is 0 Å². The van der Waals surface area contributed by atoms with E-state index in [9.17, 15) is 0 Å². The topological polar surface area (TPSA) is 56.5 Å². The van der Waals surface area contributed by atoms with E-state index in [1.807, 2.05) is 35.1 Å². The fourth-order valence-electron chi connectivity index (χ4n) is 3.06. The zero-order chi connectivity index (χ0) is 17.5. The lowest BCUT2D eigenvalue weighted by Gasteiger charge is -2.05. The standard InChI is InChI=1S/C20H15N5S/c1-13-9-19(26-12-13)17-6-7-18-20(22-17)25(24-23-18)11-14-4-5-16-15(10-14)3-2-8-21-16/h2-10,12H,11H2,1H3. The molecule has 1 aromatic carbocycles. The molecule has 0 aliphatic rings. The molecule has 0 saturated heterocycles. The van der Waals surface area contributed by atoms with Gasteiger partial charge in [-0.3, -0.25) is 4.98 Å². The second-order valence-electron chi connectivity index (χ2n) is 6.31. The van der Waals surface area contributed by atoms with Crippen molar-refractivity contribution in [3.8, 4) is 10.6 Å². The van der Waals surface area contributed by atoms with E-state index in [1.54, 1.807) is 11.3 Å². The van der Waals surface area contributed by atoms with Crippen molar-refractivity contribution in [3.05, 3.63) is 71.2 Å². The van der Waals surface area contributed by atoms with E-state index in [1.165, 1.54) is 5.56 Å². The summed E-state index contributed by atoms with van der Waals surface area (Å²) in [5.41, 5.74) is 5.97. The Morgan fingerprint density at radius 1 is 1.04 bits per heavy atom. The fourth-order valence-corrected chi connectivity index (χ4v) is 3.93. The molecule has 5 rings (SSSR count). The zero-order valence-corrected chi connectivity index (χ0v) is 14.9. The molecule has 4 aromatic heterocycles. The van der Waals surface area contributed by atoms with Crippen molar-refractivity contribution in [2.45, 2.75) is 13.5 Å². The zero-order valence-electron chi connectivity index (χ0n) is 14.1. The Kier molecular flexibility index (Phi) is 3.50. The number of fused-ring (bicyclic) bond motifs is 2. The number of aromatic nitrogens is 5. The number of benzene rings is 1. The molecule has 5 aromatic rings. The van der Waals surface area contributed by atoms with Crippen LogP contribution >= 0.6 is 11.3 Å². The SMILES string of the molecule is Cc1csc(-c2ccc3nnn(Cc4ccc5ncccc5c4)c3n2)c1. The summed E-state index contributed by atoms with van der Waals surface area (Å²) >= 11 is 1.71. The Labute approximate surface area is 154 Å². The monoisotopic (exact) mass is 357 g/mol. The van der Waals surface area contributed by atoms with Crippen molar-refractivity contribution in [1.82, 2.24) is 25.0 Å². The number of rotatable bonds is 3. The predicted octanol–water partition coefficient (Wildman–Crippen LogP) is 4.46. The highest BCUT2D eigenvalue weighted by atomic mass is 32.1. The van der Waals surface area contributed by atoms with Crippen LogP contribution in [0.2, 0.25) is 0 Å². The first-order valence-corrected chi connectivity index (χ1v) is 9.24. The lowest BCUT2D eigenvalue weighted by atomic mass is 10.1. The van der Waals surface area contributed by atoms with E-state index in [0.29, 0.717) is 6.54 Å². The van der Waals surface area contributed by atoms with Gasteiger partial charge >= 0.3 is 0 Å². The van der Waals surface area contributed by atoms with Gasteiger partial charge in [-0.15, -0.1) is 16.4 Å². The van der Waals surface area contributed by atoms with Crippen molar-refractivity contribution < 1.29 is 0 Å². The molecule has 4 heterocycles. The Hall–Kier alpha value is -3.12. The summed E-state index contributed by atoms with van der Waals surface area (Å²) in [6.45, 7) is 2.72. The molecule has 0 saturated carbocycles. The van der Waals surface area contributed by atoms with E-state index in [2.05, 4.69) is 51.9 Å². The molecule has 0 radical (unpaired) electrons. The summed E-state index contributed by atoms with van der Waals surface area (Å²) in [7, 11) is 0. The summed E-state index contributed by atoms with van der Waals surface area (Å²) in [6, 6.07) is 16.4. The molecule has 0 N–H and O–H groups in total. The lowest BCUT2D eigenvalue weighted by Crippen LogP contribution is -2.03. The Bertz CT molecular complexity index is 1240. The second-order valence-corrected chi connectivity index (χ2v) is 7.22. The van der Waals surface area contributed by atoms with Crippen LogP contribution in [0.4, 0.5) is 0 Å². The van der Waals surface area contributed by atoms with E-state index in [4.69, 9.17) is 4.98 Å². The molecular weight excluding hydrogens is 342 g/mol. The number of pyridine rings is 2. The van der Waals surface area contributed by atoms with Gasteiger partial charge in [0, 0.05) is 11.6 Å². The van der Waals surface area contributed by atoms with Gasteiger partial charge < -0.3 is 0 Å². The first-order chi connectivity index (χ1) is 12.8. The van der Waals surface area contributed by atoms with E-state index in [0.717, 1.165) is 38.2 Å². The van der Waals surface area contributed by atoms with Crippen LogP contribution in [-0.2, 0) is 6.54 Å². The van der Waals surface area contributed by atoms with Crippen molar-refractivity contribution >= 4 is 33.4 Å². The molecule has 0 fully saturated rings. The van der Waals surface area contributed by atoms with Gasteiger partial charge in [0.1, 0.15) is 5.52 Å². The molecule has 0 unspecified atom stereocenters. The molecule has 6 heteroatoms. The summed E-state index contributed by atoms with van der Waals surface area (Å²) in [6.07, 6.45) is 1.81. The minimum Gasteiger partial charge on any atom is -0.256 e. The van der Waals surface area contributed by atoms with Crippen LogP contribution in [0.25, 0.3) is 32.6 Å². The fraction of sp³-hybridized carbons (Fsp3) is 0.100. The van der Waals surface area contributed by atoms with Gasteiger partial charge in [-0.25, -0.2) is 9.67 Å². The Morgan fingerprint density at radius 2 is 1.96 bits per heavy atom. The molecule has 0 aliphatic carbocycles.